The molecule has 0 aliphatic heterocycles. The van der Waals surface area contributed by atoms with Gasteiger partial charge in [-0.05, 0) is 42.7 Å². The van der Waals surface area contributed by atoms with E-state index in [1.165, 1.54) is 18.4 Å². The number of hydrogen-bond acceptors (Lipinski definition) is 5. The van der Waals surface area contributed by atoms with Crippen LogP contribution in [0.25, 0.3) is 0 Å². The molecule has 1 saturated carbocycles. The molecule has 0 amide bonds. The molecule has 1 aliphatic rings. The quantitative estimate of drug-likeness (QED) is 0.402. The van der Waals surface area contributed by atoms with Gasteiger partial charge in [-0.15, -0.1) is 16.8 Å². The fourth-order valence-corrected chi connectivity index (χ4v) is 3.73. The summed E-state index contributed by atoms with van der Waals surface area (Å²) in [5.41, 5.74) is 2.15. The lowest BCUT2D eigenvalue weighted by atomic mass is 10.2. The third-order valence-corrected chi connectivity index (χ3v) is 5.44. The lowest BCUT2D eigenvalue weighted by Gasteiger charge is -2.08. The van der Waals surface area contributed by atoms with Crippen LogP contribution in [0.15, 0.2) is 66.5 Å². The zero-order valence-electron chi connectivity index (χ0n) is 15.1. The van der Waals surface area contributed by atoms with Crippen molar-refractivity contribution in [3.63, 3.8) is 0 Å². The summed E-state index contributed by atoms with van der Waals surface area (Å²) in [6.45, 7) is 5.10. The molecule has 0 saturated heterocycles. The van der Waals surface area contributed by atoms with Gasteiger partial charge in [-0.25, -0.2) is 0 Å². The van der Waals surface area contributed by atoms with E-state index in [-0.39, 0.29) is 0 Å². The van der Waals surface area contributed by atoms with Gasteiger partial charge in [0.25, 0.3) is 0 Å². The van der Waals surface area contributed by atoms with Crippen LogP contribution in [0.5, 0.6) is 5.75 Å². The Hall–Kier alpha value is -2.60. The molecule has 6 heteroatoms. The van der Waals surface area contributed by atoms with Gasteiger partial charge in [-0.3, -0.25) is 4.98 Å². The van der Waals surface area contributed by atoms with Gasteiger partial charge >= 0.3 is 0 Å². The van der Waals surface area contributed by atoms with Crippen LogP contribution >= 0.6 is 11.8 Å². The van der Waals surface area contributed by atoms with E-state index >= 15 is 0 Å². The molecule has 0 radical (unpaired) electrons. The van der Waals surface area contributed by atoms with Gasteiger partial charge in [0.1, 0.15) is 18.2 Å². The summed E-state index contributed by atoms with van der Waals surface area (Å²) >= 11 is 1.71. The highest BCUT2D eigenvalue weighted by atomic mass is 32.2. The van der Waals surface area contributed by atoms with Crippen molar-refractivity contribution in [1.82, 2.24) is 19.7 Å². The van der Waals surface area contributed by atoms with E-state index < -0.39 is 0 Å². The summed E-state index contributed by atoms with van der Waals surface area (Å²) in [6.07, 6.45) is 6.13. The molecule has 5 nitrogen and oxygen atoms in total. The first-order chi connectivity index (χ1) is 13.3. The van der Waals surface area contributed by atoms with E-state index in [4.69, 9.17) is 4.74 Å². The van der Waals surface area contributed by atoms with Crippen molar-refractivity contribution >= 4 is 11.8 Å². The normalized spacial score (nSPS) is 13.5. The lowest BCUT2D eigenvalue weighted by Crippen LogP contribution is -2.02. The summed E-state index contributed by atoms with van der Waals surface area (Å²) in [5, 5.41) is 9.75. The van der Waals surface area contributed by atoms with Gasteiger partial charge in [-0.1, -0.05) is 36.0 Å². The van der Waals surface area contributed by atoms with Gasteiger partial charge in [-0.2, -0.15) is 0 Å². The van der Waals surface area contributed by atoms with E-state index in [1.54, 1.807) is 18.0 Å². The monoisotopic (exact) mass is 378 g/mol. The summed E-state index contributed by atoms with van der Waals surface area (Å²) in [5.74, 6) is 3.39. The maximum Gasteiger partial charge on any atom is 0.191 e. The van der Waals surface area contributed by atoms with Gasteiger partial charge in [0.15, 0.2) is 5.16 Å². The van der Waals surface area contributed by atoms with Gasteiger partial charge in [0, 0.05) is 24.4 Å². The summed E-state index contributed by atoms with van der Waals surface area (Å²) in [6, 6.07) is 14.0. The summed E-state index contributed by atoms with van der Waals surface area (Å²) in [4.78, 5) is 4.27. The van der Waals surface area contributed by atoms with Crippen LogP contribution in [0.4, 0.5) is 0 Å². The van der Waals surface area contributed by atoms with E-state index in [1.807, 2.05) is 36.4 Å². The molecule has 1 fully saturated rings. The highest BCUT2D eigenvalue weighted by molar-refractivity contribution is 7.98. The average molecular weight is 379 g/mol. The molecule has 0 atom stereocenters. The van der Waals surface area contributed by atoms with Crippen LogP contribution in [-0.4, -0.2) is 19.7 Å². The Balaban J connectivity index is 1.34. The van der Waals surface area contributed by atoms with Crippen LogP contribution in [0.3, 0.4) is 0 Å². The Morgan fingerprint density at radius 2 is 2.00 bits per heavy atom. The third kappa shape index (κ3) is 4.57. The Morgan fingerprint density at radius 3 is 2.70 bits per heavy atom. The Labute approximate surface area is 163 Å². The van der Waals surface area contributed by atoms with Crippen molar-refractivity contribution < 1.29 is 4.74 Å². The van der Waals surface area contributed by atoms with Crippen LogP contribution in [0.1, 0.15) is 35.8 Å². The van der Waals surface area contributed by atoms with Crippen molar-refractivity contribution in [3.8, 4) is 5.75 Å². The molecule has 2 heterocycles. The number of aromatic nitrogens is 4. The second-order valence-corrected chi connectivity index (χ2v) is 7.50. The standard InChI is InChI=1S/C21H22N4OS/c1-2-13-25-20(17-8-9-17)23-24-21(25)27-15-16-6-10-19(11-7-16)26-14-18-5-3-4-12-22-18/h2-7,10-12,17H,1,8-9,13-15H2. The van der Waals surface area contributed by atoms with E-state index in [9.17, 15) is 0 Å². The zero-order chi connectivity index (χ0) is 18.5. The predicted octanol–water partition coefficient (Wildman–Crippen LogP) is 4.61. The third-order valence-electron chi connectivity index (χ3n) is 4.40. The van der Waals surface area contributed by atoms with Crippen molar-refractivity contribution in [3.05, 3.63) is 78.4 Å². The van der Waals surface area contributed by atoms with E-state index in [0.29, 0.717) is 12.5 Å². The summed E-state index contributed by atoms with van der Waals surface area (Å²) < 4.78 is 7.98. The number of hydrogen-bond donors (Lipinski definition) is 0. The average Bonchev–Trinajstić information content (AvgIpc) is 3.48. The minimum atomic E-state index is 0.476. The first-order valence-electron chi connectivity index (χ1n) is 9.12. The van der Waals surface area contributed by atoms with Crippen LogP contribution in [-0.2, 0) is 18.9 Å². The fraction of sp³-hybridized carbons (Fsp3) is 0.286. The molecule has 0 bridgehead atoms. The topological polar surface area (TPSA) is 52.8 Å². The SMILES string of the molecule is C=CCn1c(SCc2ccc(OCc3ccccn3)cc2)nnc1C1CC1. The fourth-order valence-electron chi connectivity index (χ4n) is 2.82. The van der Waals surface area contributed by atoms with Crippen LogP contribution in [0, 0.1) is 0 Å². The minimum absolute atomic E-state index is 0.476. The maximum atomic E-state index is 5.79. The number of ether oxygens (including phenoxy) is 1. The molecular formula is C21H22N4OS. The highest BCUT2D eigenvalue weighted by Gasteiger charge is 2.30. The Morgan fingerprint density at radius 1 is 1.15 bits per heavy atom. The molecule has 4 rings (SSSR count). The lowest BCUT2D eigenvalue weighted by molar-refractivity contribution is 0.301. The molecule has 1 aliphatic carbocycles. The zero-order valence-corrected chi connectivity index (χ0v) is 15.9. The molecule has 138 valence electrons. The van der Waals surface area contributed by atoms with E-state index in [2.05, 4.69) is 38.5 Å². The molecule has 27 heavy (non-hydrogen) atoms. The molecule has 3 aromatic rings. The number of benzene rings is 1. The molecule has 0 unspecified atom stereocenters. The van der Waals surface area contributed by atoms with Crippen LogP contribution < -0.4 is 4.74 Å². The number of rotatable bonds is 9. The van der Waals surface area contributed by atoms with Gasteiger partial charge < -0.3 is 9.30 Å². The smallest absolute Gasteiger partial charge is 0.191 e. The summed E-state index contributed by atoms with van der Waals surface area (Å²) in [7, 11) is 0. The van der Waals surface area contributed by atoms with Crippen molar-refractivity contribution in [2.75, 3.05) is 0 Å². The van der Waals surface area contributed by atoms with Gasteiger partial charge in [0.05, 0.1) is 5.69 Å². The number of allylic oxidation sites excluding steroid dienone is 1. The first-order valence-corrected chi connectivity index (χ1v) is 10.1. The first kappa shape index (κ1) is 17.8. The van der Waals surface area contributed by atoms with Crippen molar-refractivity contribution in [1.29, 1.82) is 0 Å². The number of pyridine rings is 1. The second-order valence-electron chi connectivity index (χ2n) is 6.56. The maximum absolute atomic E-state index is 5.79. The largest absolute Gasteiger partial charge is 0.487 e. The second kappa shape index (κ2) is 8.39. The molecular weight excluding hydrogens is 356 g/mol. The van der Waals surface area contributed by atoms with E-state index in [0.717, 1.165) is 34.7 Å². The molecule has 2 aromatic heterocycles. The van der Waals surface area contributed by atoms with Crippen molar-refractivity contribution in [2.45, 2.75) is 42.8 Å². The number of thioether (sulfide) groups is 1. The molecule has 0 spiro atoms. The van der Waals surface area contributed by atoms with Crippen molar-refractivity contribution in [2.24, 2.45) is 0 Å². The van der Waals surface area contributed by atoms with Gasteiger partial charge in [0.2, 0.25) is 0 Å². The molecule has 0 N–H and O–H groups in total. The Kier molecular flexibility index (Phi) is 5.53. The molecule has 1 aromatic carbocycles. The highest BCUT2D eigenvalue weighted by Crippen LogP contribution is 2.40. The van der Waals surface area contributed by atoms with Crippen LogP contribution in [0.2, 0.25) is 0 Å². The number of nitrogens with zero attached hydrogens (tertiary/aromatic N) is 4. The Bertz CT molecular complexity index is 888. The minimum Gasteiger partial charge on any atom is -0.487 e. The predicted molar refractivity (Wildman–Crippen MR) is 107 cm³/mol.